The monoisotopic (exact) mass is 399 g/mol. The molecule has 2 N–H and O–H groups in total. The lowest BCUT2D eigenvalue weighted by atomic mass is 10.2. The normalized spacial score (nSPS) is 12.1. The second kappa shape index (κ2) is 8.47. The molecule has 28 heavy (non-hydrogen) atoms. The lowest BCUT2D eigenvalue weighted by Crippen LogP contribution is -2.36. The molecule has 2 aromatic heterocycles. The number of benzene rings is 1. The van der Waals surface area contributed by atoms with Crippen molar-refractivity contribution in [3.8, 4) is 5.95 Å². The van der Waals surface area contributed by atoms with Crippen LogP contribution < -0.4 is 5.84 Å². The minimum Gasteiger partial charge on any atom is -0.338 e. The van der Waals surface area contributed by atoms with E-state index in [4.69, 9.17) is 5.84 Å². The van der Waals surface area contributed by atoms with Crippen molar-refractivity contribution < 1.29 is 4.79 Å². The number of aromatic nitrogens is 5. The van der Waals surface area contributed by atoms with Crippen molar-refractivity contribution in [3.63, 3.8) is 0 Å². The molecule has 0 bridgehead atoms. The number of thioether (sulfide) groups is 1. The van der Waals surface area contributed by atoms with E-state index in [2.05, 4.69) is 15.3 Å². The number of aryl methyl sites for hydroxylation is 2. The minimum absolute atomic E-state index is 0.0343. The molecule has 148 valence electrons. The smallest absolute Gasteiger partial charge is 0.271 e. The molecule has 9 heteroatoms. The van der Waals surface area contributed by atoms with Crippen molar-refractivity contribution in [2.75, 3.05) is 12.4 Å². The first-order chi connectivity index (χ1) is 13.4. The van der Waals surface area contributed by atoms with Gasteiger partial charge < -0.3 is 10.7 Å². The molecule has 0 spiro atoms. The van der Waals surface area contributed by atoms with Gasteiger partial charge in [-0.05, 0) is 39.3 Å². The molecule has 0 saturated heterocycles. The number of carbonyl (C=O) groups is 1. The SMILES string of the molecule is CCN(Cc1ccccc1)C(=O)C(C)Sc1nnc(-n2nc(C)cc2C)n1N. The standard InChI is InChI=1S/C19H25N7OS/c1-5-24(12-16-9-7-6-8-10-16)17(27)15(4)28-19-22-21-18(25(19)20)26-14(3)11-13(2)23-26/h6-11,15H,5,12,20H2,1-4H3. The van der Waals surface area contributed by atoms with Crippen molar-refractivity contribution in [3.05, 3.63) is 53.3 Å². The van der Waals surface area contributed by atoms with Crippen molar-refractivity contribution in [1.82, 2.24) is 29.6 Å². The molecule has 1 amide bonds. The molecule has 1 atom stereocenters. The first kappa shape index (κ1) is 19.9. The van der Waals surface area contributed by atoms with Crippen LogP contribution in [0.1, 0.15) is 30.8 Å². The van der Waals surface area contributed by atoms with E-state index in [1.807, 2.05) is 69.0 Å². The summed E-state index contributed by atoms with van der Waals surface area (Å²) in [7, 11) is 0. The Morgan fingerprint density at radius 3 is 2.57 bits per heavy atom. The first-order valence-electron chi connectivity index (χ1n) is 9.14. The number of nitrogens with two attached hydrogens (primary N) is 1. The summed E-state index contributed by atoms with van der Waals surface area (Å²) in [6, 6.07) is 11.9. The second-order valence-corrected chi connectivity index (χ2v) is 7.90. The van der Waals surface area contributed by atoms with E-state index >= 15 is 0 Å². The van der Waals surface area contributed by atoms with Gasteiger partial charge in [0.05, 0.1) is 10.9 Å². The molecule has 3 rings (SSSR count). The highest BCUT2D eigenvalue weighted by Crippen LogP contribution is 2.24. The Morgan fingerprint density at radius 2 is 1.96 bits per heavy atom. The van der Waals surface area contributed by atoms with Gasteiger partial charge in [-0.25, -0.2) is 9.36 Å². The minimum atomic E-state index is -0.344. The van der Waals surface area contributed by atoms with Gasteiger partial charge in [-0.1, -0.05) is 42.1 Å². The Bertz CT molecular complexity index is 951. The summed E-state index contributed by atoms with van der Waals surface area (Å²) < 4.78 is 3.02. The quantitative estimate of drug-likeness (QED) is 0.484. The predicted octanol–water partition coefficient (Wildman–Crippen LogP) is 2.32. The molecule has 0 aliphatic carbocycles. The fourth-order valence-electron chi connectivity index (χ4n) is 2.94. The van der Waals surface area contributed by atoms with Crippen LogP contribution in [0.15, 0.2) is 41.6 Å². The van der Waals surface area contributed by atoms with Crippen molar-refractivity contribution in [1.29, 1.82) is 0 Å². The molecule has 1 aromatic carbocycles. The van der Waals surface area contributed by atoms with E-state index in [0.717, 1.165) is 17.0 Å². The van der Waals surface area contributed by atoms with Crippen LogP contribution in [0.25, 0.3) is 5.95 Å². The topological polar surface area (TPSA) is 94.9 Å². The summed E-state index contributed by atoms with van der Waals surface area (Å²) in [5.74, 6) is 6.63. The number of carbonyl (C=O) groups excluding carboxylic acids is 1. The van der Waals surface area contributed by atoms with Gasteiger partial charge in [0.2, 0.25) is 11.1 Å². The largest absolute Gasteiger partial charge is 0.338 e. The van der Waals surface area contributed by atoms with Crippen LogP contribution in [0.4, 0.5) is 0 Å². The van der Waals surface area contributed by atoms with Crippen LogP contribution in [0, 0.1) is 13.8 Å². The van der Waals surface area contributed by atoms with Crippen LogP contribution in [-0.2, 0) is 11.3 Å². The van der Waals surface area contributed by atoms with Gasteiger partial charge in [0, 0.05) is 18.8 Å². The maximum absolute atomic E-state index is 12.9. The van der Waals surface area contributed by atoms with E-state index < -0.39 is 0 Å². The number of nitrogen functional groups attached to an aromatic ring is 1. The fraction of sp³-hybridized carbons (Fsp3) is 0.368. The van der Waals surface area contributed by atoms with Gasteiger partial charge in [0.1, 0.15) is 0 Å². The predicted molar refractivity (Wildman–Crippen MR) is 110 cm³/mol. The molecule has 0 fully saturated rings. The highest BCUT2D eigenvalue weighted by atomic mass is 32.2. The zero-order valence-electron chi connectivity index (χ0n) is 16.5. The highest BCUT2D eigenvalue weighted by molar-refractivity contribution is 8.00. The summed E-state index contributed by atoms with van der Waals surface area (Å²) in [6.45, 7) is 8.88. The summed E-state index contributed by atoms with van der Waals surface area (Å²) >= 11 is 1.29. The number of hydrogen-bond donors (Lipinski definition) is 1. The highest BCUT2D eigenvalue weighted by Gasteiger charge is 2.24. The molecule has 0 radical (unpaired) electrons. The Balaban J connectivity index is 1.72. The molecule has 0 saturated carbocycles. The third-order valence-electron chi connectivity index (χ3n) is 4.39. The van der Waals surface area contributed by atoms with Crippen LogP contribution in [0.5, 0.6) is 0 Å². The Labute approximate surface area is 168 Å². The third kappa shape index (κ3) is 4.19. The average molecular weight is 400 g/mol. The number of rotatable bonds is 7. The molecular weight excluding hydrogens is 374 g/mol. The van der Waals surface area contributed by atoms with Gasteiger partial charge >= 0.3 is 0 Å². The number of nitrogens with zero attached hydrogens (tertiary/aromatic N) is 6. The maximum atomic E-state index is 12.9. The van der Waals surface area contributed by atoms with Gasteiger partial charge in [0.15, 0.2) is 0 Å². The van der Waals surface area contributed by atoms with Gasteiger partial charge in [-0.15, -0.1) is 10.2 Å². The molecule has 8 nitrogen and oxygen atoms in total. The van der Waals surface area contributed by atoms with Crippen molar-refractivity contribution in [2.45, 2.75) is 44.6 Å². The van der Waals surface area contributed by atoms with E-state index in [9.17, 15) is 4.79 Å². The van der Waals surface area contributed by atoms with E-state index in [-0.39, 0.29) is 11.2 Å². The maximum Gasteiger partial charge on any atom is 0.271 e. The number of hydrogen-bond acceptors (Lipinski definition) is 6. The molecular formula is C19H25N7OS. The summed E-state index contributed by atoms with van der Waals surface area (Å²) in [5, 5.41) is 12.8. The number of amides is 1. The van der Waals surface area contributed by atoms with Gasteiger partial charge in [-0.3, -0.25) is 4.79 Å². The van der Waals surface area contributed by atoms with E-state index in [1.165, 1.54) is 16.4 Å². The zero-order valence-corrected chi connectivity index (χ0v) is 17.3. The summed E-state index contributed by atoms with van der Waals surface area (Å²) in [4.78, 5) is 14.7. The Kier molecular flexibility index (Phi) is 6.03. The molecule has 2 heterocycles. The first-order valence-corrected chi connectivity index (χ1v) is 10.0. The van der Waals surface area contributed by atoms with E-state index in [0.29, 0.717) is 24.2 Å². The van der Waals surface area contributed by atoms with E-state index in [1.54, 1.807) is 4.68 Å². The second-order valence-electron chi connectivity index (χ2n) is 6.59. The van der Waals surface area contributed by atoms with Crippen LogP contribution >= 0.6 is 11.8 Å². The fourth-order valence-corrected chi connectivity index (χ4v) is 3.79. The molecule has 0 aliphatic heterocycles. The third-order valence-corrected chi connectivity index (χ3v) is 5.43. The average Bonchev–Trinajstić information content (AvgIpc) is 3.21. The Morgan fingerprint density at radius 1 is 1.25 bits per heavy atom. The van der Waals surface area contributed by atoms with Crippen LogP contribution in [0.2, 0.25) is 0 Å². The van der Waals surface area contributed by atoms with Crippen LogP contribution in [0.3, 0.4) is 0 Å². The molecule has 1 unspecified atom stereocenters. The molecule has 0 aliphatic rings. The van der Waals surface area contributed by atoms with Crippen molar-refractivity contribution >= 4 is 17.7 Å². The molecule has 3 aromatic rings. The summed E-state index contributed by atoms with van der Waals surface area (Å²) in [5.41, 5.74) is 2.89. The van der Waals surface area contributed by atoms with Crippen LogP contribution in [-0.4, -0.2) is 47.3 Å². The summed E-state index contributed by atoms with van der Waals surface area (Å²) in [6.07, 6.45) is 0. The van der Waals surface area contributed by atoms with Gasteiger partial charge in [0.25, 0.3) is 5.95 Å². The zero-order chi connectivity index (χ0) is 20.3. The van der Waals surface area contributed by atoms with Gasteiger partial charge in [-0.2, -0.15) is 5.10 Å². The van der Waals surface area contributed by atoms with Crippen molar-refractivity contribution in [2.24, 2.45) is 0 Å². The lowest BCUT2D eigenvalue weighted by molar-refractivity contribution is -0.130. The lowest BCUT2D eigenvalue weighted by Gasteiger charge is -2.24. The Hall–Kier alpha value is -2.81.